The van der Waals surface area contributed by atoms with Gasteiger partial charge in [-0.05, 0) is 30.5 Å². The lowest BCUT2D eigenvalue weighted by Gasteiger charge is -2.10. The molecule has 1 amide bonds. The van der Waals surface area contributed by atoms with Crippen LogP contribution in [0.4, 0.5) is 0 Å². The molecule has 0 bridgehead atoms. The molecule has 1 fully saturated rings. The fourth-order valence-electron chi connectivity index (χ4n) is 3.39. The van der Waals surface area contributed by atoms with E-state index in [1.807, 2.05) is 24.3 Å². The van der Waals surface area contributed by atoms with Crippen LogP contribution >= 0.6 is 11.8 Å². The first-order valence-corrected chi connectivity index (χ1v) is 10.5. The number of H-pyrrole nitrogens is 1. The standard InChI is InChI=1S/C19H22N6O3S/c1-28-14-8-6-12(7-9-14)10-15-17(27)21-18-22-23-19(25(18)24-15)29-11-16(26)20-13-4-2-3-5-13/h6-9,13H,2-5,10-11H2,1H3,(H,20,26)(H,21,22,27). The second kappa shape index (κ2) is 8.64. The van der Waals surface area contributed by atoms with E-state index in [1.165, 1.54) is 29.1 Å². The van der Waals surface area contributed by atoms with Gasteiger partial charge < -0.3 is 10.1 Å². The number of hydrogen-bond donors (Lipinski definition) is 2. The molecule has 2 N–H and O–H groups in total. The molecule has 4 rings (SSSR count). The van der Waals surface area contributed by atoms with Crippen LogP contribution in [-0.2, 0) is 11.2 Å². The molecule has 29 heavy (non-hydrogen) atoms. The molecule has 1 aliphatic carbocycles. The van der Waals surface area contributed by atoms with E-state index >= 15 is 0 Å². The molecule has 1 aromatic carbocycles. The third-order valence-electron chi connectivity index (χ3n) is 4.90. The highest BCUT2D eigenvalue weighted by atomic mass is 32.2. The number of amides is 1. The maximum atomic E-state index is 12.3. The Hall–Kier alpha value is -2.88. The van der Waals surface area contributed by atoms with Gasteiger partial charge in [0.25, 0.3) is 11.3 Å². The highest BCUT2D eigenvalue weighted by molar-refractivity contribution is 7.99. The van der Waals surface area contributed by atoms with Crippen molar-refractivity contribution in [1.29, 1.82) is 0 Å². The summed E-state index contributed by atoms with van der Waals surface area (Å²) in [5, 5.41) is 15.9. The van der Waals surface area contributed by atoms with E-state index in [2.05, 4.69) is 25.6 Å². The molecule has 0 unspecified atom stereocenters. The number of carbonyl (C=O) groups is 1. The van der Waals surface area contributed by atoms with Gasteiger partial charge in [0.2, 0.25) is 11.1 Å². The van der Waals surface area contributed by atoms with Gasteiger partial charge in [-0.3, -0.25) is 14.6 Å². The number of aromatic nitrogens is 5. The van der Waals surface area contributed by atoms with Crippen molar-refractivity contribution in [3.63, 3.8) is 0 Å². The smallest absolute Gasteiger partial charge is 0.274 e. The number of benzene rings is 1. The van der Waals surface area contributed by atoms with E-state index in [0.29, 0.717) is 17.3 Å². The number of aromatic amines is 1. The Morgan fingerprint density at radius 2 is 2.03 bits per heavy atom. The second-order valence-corrected chi connectivity index (χ2v) is 7.92. The largest absolute Gasteiger partial charge is 0.497 e. The minimum atomic E-state index is -0.309. The van der Waals surface area contributed by atoms with Crippen LogP contribution in [0.3, 0.4) is 0 Å². The molecule has 1 aliphatic rings. The van der Waals surface area contributed by atoms with E-state index in [1.54, 1.807) is 7.11 Å². The van der Waals surface area contributed by atoms with Crippen molar-refractivity contribution in [2.45, 2.75) is 43.3 Å². The molecule has 2 aromatic heterocycles. The van der Waals surface area contributed by atoms with E-state index in [9.17, 15) is 9.59 Å². The van der Waals surface area contributed by atoms with Gasteiger partial charge in [0, 0.05) is 12.5 Å². The van der Waals surface area contributed by atoms with Crippen molar-refractivity contribution in [2.75, 3.05) is 12.9 Å². The Bertz CT molecular complexity index is 1060. The summed E-state index contributed by atoms with van der Waals surface area (Å²) in [6.07, 6.45) is 4.78. The number of nitrogens with zero attached hydrogens (tertiary/aromatic N) is 4. The lowest BCUT2D eigenvalue weighted by Crippen LogP contribution is -2.33. The molecule has 2 heterocycles. The van der Waals surface area contributed by atoms with Crippen molar-refractivity contribution in [1.82, 2.24) is 30.1 Å². The van der Waals surface area contributed by atoms with Crippen molar-refractivity contribution in [3.8, 4) is 5.75 Å². The number of rotatable bonds is 7. The van der Waals surface area contributed by atoms with Crippen LogP contribution in [0, 0.1) is 0 Å². The Morgan fingerprint density at radius 3 is 2.76 bits per heavy atom. The highest BCUT2D eigenvalue weighted by Gasteiger charge is 2.18. The van der Waals surface area contributed by atoms with Crippen molar-refractivity contribution in [3.05, 3.63) is 45.9 Å². The van der Waals surface area contributed by atoms with Gasteiger partial charge in [-0.1, -0.05) is 36.7 Å². The Balaban J connectivity index is 1.48. The summed E-state index contributed by atoms with van der Waals surface area (Å²) in [6.45, 7) is 0. The molecule has 9 nitrogen and oxygen atoms in total. The lowest BCUT2D eigenvalue weighted by molar-refractivity contribution is -0.119. The van der Waals surface area contributed by atoms with E-state index < -0.39 is 0 Å². The SMILES string of the molecule is COc1ccc(Cc2nn3c(SCC(=O)NC4CCCC4)nnc3[nH]c2=O)cc1. The zero-order chi connectivity index (χ0) is 20.2. The summed E-state index contributed by atoms with van der Waals surface area (Å²) in [5.41, 5.74) is 0.970. The summed E-state index contributed by atoms with van der Waals surface area (Å²) in [4.78, 5) is 27.2. The van der Waals surface area contributed by atoms with Gasteiger partial charge >= 0.3 is 0 Å². The summed E-state index contributed by atoms with van der Waals surface area (Å²) in [7, 11) is 1.61. The third kappa shape index (κ3) is 4.58. The Labute approximate surface area is 171 Å². The molecular formula is C19H22N6O3S. The summed E-state index contributed by atoms with van der Waals surface area (Å²) in [6, 6.07) is 7.73. The molecular weight excluding hydrogens is 392 g/mol. The first-order valence-electron chi connectivity index (χ1n) is 9.52. The fourth-order valence-corrected chi connectivity index (χ4v) is 4.08. The zero-order valence-corrected chi connectivity index (χ0v) is 16.9. The Morgan fingerprint density at radius 1 is 1.28 bits per heavy atom. The molecule has 0 spiro atoms. The van der Waals surface area contributed by atoms with Crippen molar-refractivity contribution in [2.24, 2.45) is 0 Å². The van der Waals surface area contributed by atoms with E-state index in [0.717, 1.165) is 24.2 Å². The Kier molecular flexibility index (Phi) is 5.79. The zero-order valence-electron chi connectivity index (χ0n) is 16.1. The number of ether oxygens (including phenoxy) is 1. The summed E-state index contributed by atoms with van der Waals surface area (Å²) in [5.74, 6) is 1.21. The minimum absolute atomic E-state index is 0.0264. The lowest BCUT2D eigenvalue weighted by atomic mass is 10.1. The molecule has 152 valence electrons. The van der Waals surface area contributed by atoms with E-state index in [4.69, 9.17) is 4.74 Å². The van der Waals surface area contributed by atoms with E-state index in [-0.39, 0.29) is 29.0 Å². The second-order valence-electron chi connectivity index (χ2n) is 6.98. The van der Waals surface area contributed by atoms with Crippen LogP contribution in [-0.4, -0.2) is 49.6 Å². The first kappa shape index (κ1) is 19.4. The first-order chi connectivity index (χ1) is 14.1. The fraction of sp³-hybridized carbons (Fsp3) is 0.421. The van der Waals surface area contributed by atoms with Crippen LogP contribution in [0.5, 0.6) is 5.75 Å². The maximum Gasteiger partial charge on any atom is 0.274 e. The highest BCUT2D eigenvalue weighted by Crippen LogP contribution is 2.19. The molecule has 1 saturated carbocycles. The quantitative estimate of drug-likeness (QED) is 0.564. The van der Waals surface area contributed by atoms with Crippen LogP contribution in [0.1, 0.15) is 36.9 Å². The monoisotopic (exact) mass is 414 g/mol. The number of carbonyl (C=O) groups excluding carboxylic acids is 1. The number of nitrogens with one attached hydrogen (secondary N) is 2. The normalized spacial score (nSPS) is 14.4. The number of thioether (sulfide) groups is 1. The molecule has 0 aliphatic heterocycles. The average Bonchev–Trinajstić information content (AvgIpc) is 3.37. The van der Waals surface area contributed by atoms with Gasteiger partial charge in [-0.15, -0.1) is 10.2 Å². The van der Waals surface area contributed by atoms with Gasteiger partial charge in [0.15, 0.2) is 0 Å². The van der Waals surface area contributed by atoms with Crippen LogP contribution < -0.4 is 15.6 Å². The summed E-state index contributed by atoms with van der Waals surface area (Å²) < 4.78 is 6.63. The van der Waals surface area contributed by atoms with Gasteiger partial charge in [0.1, 0.15) is 11.4 Å². The molecule has 0 saturated heterocycles. The maximum absolute atomic E-state index is 12.3. The van der Waals surface area contributed by atoms with Crippen molar-refractivity contribution < 1.29 is 9.53 Å². The van der Waals surface area contributed by atoms with Crippen molar-refractivity contribution >= 4 is 23.4 Å². The molecule has 10 heteroatoms. The van der Waals surface area contributed by atoms with Gasteiger partial charge in [-0.2, -0.15) is 9.61 Å². The topological polar surface area (TPSA) is 114 Å². The van der Waals surface area contributed by atoms with Gasteiger partial charge in [-0.25, -0.2) is 0 Å². The van der Waals surface area contributed by atoms with Crippen LogP contribution in [0.25, 0.3) is 5.78 Å². The summed E-state index contributed by atoms with van der Waals surface area (Å²) >= 11 is 1.25. The molecule has 3 aromatic rings. The number of methoxy groups -OCH3 is 1. The molecule has 0 atom stereocenters. The molecule has 0 radical (unpaired) electrons. The minimum Gasteiger partial charge on any atom is -0.497 e. The van der Waals surface area contributed by atoms with Gasteiger partial charge in [0.05, 0.1) is 12.9 Å². The number of hydrogen-bond acceptors (Lipinski definition) is 7. The third-order valence-corrected chi connectivity index (χ3v) is 5.82. The van der Waals surface area contributed by atoms with Crippen LogP contribution in [0.2, 0.25) is 0 Å². The predicted molar refractivity (Wildman–Crippen MR) is 108 cm³/mol. The number of fused-ring (bicyclic) bond motifs is 1. The average molecular weight is 414 g/mol. The van der Waals surface area contributed by atoms with Crippen LogP contribution in [0.15, 0.2) is 34.2 Å². The predicted octanol–water partition coefficient (Wildman–Crippen LogP) is 1.56.